The van der Waals surface area contributed by atoms with Gasteiger partial charge in [-0.05, 0) is 58.7 Å². The summed E-state index contributed by atoms with van der Waals surface area (Å²) in [6.07, 6.45) is 0. The van der Waals surface area contributed by atoms with Crippen LogP contribution in [0.25, 0.3) is 0 Å². The van der Waals surface area contributed by atoms with Crippen LogP contribution in [0.1, 0.15) is 5.56 Å². The number of rotatable bonds is 3. The predicted molar refractivity (Wildman–Crippen MR) is 85.5 cm³/mol. The van der Waals surface area contributed by atoms with Crippen LogP contribution >= 0.6 is 27.5 Å². The predicted octanol–water partition coefficient (Wildman–Crippen LogP) is 3.93. The Morgan fingerprint density at radius 2 is 1.95 bits per heavy atom. The topological polar surface area (TPSA) is 72.2 Å². The van der Waals surface area contributed by atoms with Gasteiger partial charge in [0, 0.05) is 10.2 Å². The van der Waals surface area contributed by atoms with E-state index in [0.29, 0.717) is 15.1 Å². The molecule has 0 radical (unpaired) electrons. The van der Waals surface area contributed by atoms with Gasteiger partial charge >= 0.3 is 0 Å². The third-order valence-corrected chi connectivity index (χ3v) is 5.41. The summed E-state index contributed by atoms with van der Waals surface area (Å²) in [6, 6.07) is 6.67. The van der Waals surface area contributed by atoms with Crippen molar-refractivity contribution in [3.05, 3.63) is 51.2 Å². The van der Waals surface area contributed by atoms with Crippen LogP contribution in [0.2, 0.25) is 5.02 Å². The van der Waals surface area contributed by atoms with Gasteiger partial charge in [-0.1, -0.05) is 11.6 Å². The summed E-state index contributed by atoms with van der Waals surface area (Å²) in [7, 11) is -4.09. The van der Waals surface area contributed by atoms with Crippen LogP contribution in [0.4, 0.5) is 15.8 Å². The molecular formula is C13H11BrClFN2O2S. The van der Waals surface area contributed by atoms with Gasteiger partial charge in [-0.25, -0.2) is 12.8 Å². The fraction of sp³-hybridized carbons (Fsp3) is 0.0769. The third-order valence-electron chi connectivity index (χ3n) is 2.78. The molecule has 0 heterocycles. The first-order valence-corrected chi connectivity index (χ1v) is 8.39. The van der Waals surface area contributed by atoms with Crippen LogP contribution < -0.4 is 10.5 Å². The molecule has 2 aromatic carbocycles. The Labute approximate surface area is 135 Å². The highest BCUT2D eigenvalue weighted by Crippen LogP contribution is 2.28. The van der Waals surface area contributed by atoms with Gasteiger partial charge in [0.2, 0.25) is 0 Å². The van der Waals surface area contributed by atoms with Crippen LogP contribution in [0.15, 0.2) is 39.7 Å². The van der Waals surface area contributed by atoms with E-state index in [9.17, 15) is 12.8 Å². The van der Waals surface area contributed by atoms with Gasteiger partial charge in [-0.2, -0.15) is 0 Å². The fourth-order valence-electron chi connectivity index (χ4n) is 1.64. The molecule has 2 aromatic rings. The number of nitrogen functional groups attached to an aromatic ring is 1. The summed E-state index contributed by atoms with van der Waals surface area (Å²) in [5.74, 6) is -0.864. The average Bonchev–Trinajstić information content (AvgIpc) is 2.37. The third kappa shape index (κ3) is 3.48. The Balaban J connectivity index is 2.43. The van der Waals surface area contributed by atoms with Crippen LogP contribution in [-0.4, -0.2) is 8.42 Å². The lowest BCUT2D eigenvalue weighted by atomic mass is 10.2. The number of hydrogen-bond acceptors (Lipinski definition) is 3. The molecule has 4 nitrogen and oxygen atoms in total. The SMILES string of the molecule is Cc1cc(F)c(S(=O)(=O)Nc2ccc(Br)c(Cl)c2)cc1N. The van der Waals surface area contributed by atoms with E-state index in [4.69, 9.17) is 17.3 Å². The first kappa shape index (κ1) is 16.1. The summed E-state index contributed by atoms with van der Waals surface area (Å²) in [4.78, 5) is -0.510. The van der Waals surface area contributed by atoms with Crippen molar-refractivity contribution in [1.29, 1.82) is 0 Å². The minimum absolute atomic E-state index is 0.200. The Morgan fingerprint density at radius 1 is 1.29 bits per heavy atom. The highest BCUT2D eigenvalue weighted by atomic mass is 79.9. The van der Waals surface area contributed by atoms with Crippen molar-refractivity contribution in [1.82, 2.24) is 0 Å². The maximum atomic E-state index is 13.9. The summed E-state index contributed by atoms with van der Waals surface area (Å²) in [5.41, 5.74) is 6.53. The number of benzene rings is 2. The van der Waals surface area contributed by atoms with Gasteiger partial charge < -0.3 is 5.73 Å². The molecule has 0 bridgehead atoms. The smallest absolute Gasteiger partial charge is 0.264 e. The van der Waals surface area contributed by atoms with Crippen LogP contribution in [-0.2, 0) is 10.0 Å². The molecular weight excluding hydrogens is 383 g/mol. The van der Waals surface area contributed by atoms with E-state index in [1.807, 2.05) is 0 Å². The number of halogens is 3. The molecule has 0 saturated carbocycles. The minimum atomic E-state index is -4.09. The van der Waals surface area contributed by atoms with Crippen molar-refractivity contribution in [3.63, 3.8) is 0 Å². The van der Waals surface area contributed by atoms with Gasteiger partial charge in [-0.15, -0.1) is 0 Å². The van der Waals surface area contributed by atoms with E-state index in [-0.39, 0.29) is 11.4 Å². The molecule has 112 valence electrons. The van der Waals surface area contributed by atoms with Crippen molar-refractivity contribution >= 4 is 48.9 Å². The zero-order chi connectivity index (χ0) is 15.8. The van der Waals surface area contributed by atoms with Crippen molar-refractivity contribution < 1.29 is 12.8 Å². The molecule has 0 spiro atoms. The second-order valence-electron chi connectivity index (χ2n) is 4.37. The van der Waals surface area contributed by atoms with Crippen molar-refractivity contribution in [2.45, 2.75) is 11.8 Å². The number of sulfonamides is 1. The summed E-state index contributed by atoms with van der Waals surface area (Å²) >= 11 is 9.09. The lowest BCUT2D eigenvalue weighted by Crippen LogP contribution is -2.15. The lowest BCUT2D eigenvalue weighted by Gasteiger charge is -2.11. The van der Waals surface area contributed by atoms with Crippen molar-refractivity contribution in [2.24, 2.45) is 0 Å². The molecule has 3 N–H and O–H groups in total. The van der Waals surface area contributed by atoms with Crippen LogP contribution in [0, 0.1) is 12.7 Å². The molecule has 0 aliphatic rings. The monoisotopic (exact) mass is 392 g/mol. The van der Waals surface area contributed by atoms with E-state index in [1.54, 1.807) is 13.0 Å². The molecule has 21 heavy (non-hydrogen) atoms. The van der Waals surface area contributed by atoms with E-state index in [2.05, 4.69) is 20.7 Å². The molecule has 0 fully saturated rings. The largest absolute Gasteiger partial charge is 0.398 e. The van der Waals surface area contributed by atoms with E-state index < -0.39 is 20.7 Å². The van der Waals surface area contributed by atoms with Gasteiger partial charge in [0.25, 0.3) is 10.0 Å². The summed E-state index contributed by atoms with van der Waals surface area (Å²) in [5, 5.41) is 0.332. The Morgan fingerprint density at radius 3 is 2.57 bits per heavy atom. The summed E-state index contributed by atoms with van der Waals surface area (Å²) in [6.45, 7) is 1.59. The molecule has 8 heteroatoms. The zero-order valence-electron chi connectivity index (χ0n) is 10.8. The normalized spacial score (nSPS) is 11.4. The van der Waals surface area contributed by atoms with Crippen LogP contribution in [0.3, 0.4) is 0 Å². The van der Waals surface area contributed by atoms with E-state index in [0.717, 1.165) is 12.1 Å². The molecule has 0 saturated heterocycles. The van der Waals surface area contributed by atoms with Gasteiger partial charge in [-0.3, -0.25) is 4.72 Å². The van der Waals surface area contributed by atoms with Gasteiger partial charge in [0.15, 0.2) is 0 Å². The molecule has 0 amide bonds. The van der Waals surface area contributed by atoms with Crippen molar-refractivity contribution in [3.8, 4) is 0 Å². The van der Waals surface area contributed by atoms with Crippen molar-refractivity contribution in [2.75, 3.05) is 10.5 Å². The Bertz CT molecular complexity index is 812. The number of hydrogen-bond donors (Lipinski definition) is 2. The molecule has 0 aliphatic heterocycles. The maximum Gasteiger partial charge on any atom is 0.264 e. The second-order valence-corrected chi connectivity index (χ2v) is 7.29. The summed E-state index contributed by atoms with van der Waals surface area (Å²) < 4.78 is 41.2. The Hall–Kier alpha value is -1.31. The minimum Gasteiger partial charge on any atom is -0.398 e. The standard InChI is InChI=1S/C13H11BrClFN2O2S/c1-7-4-11(16)13(6-12(7)17)21(19,20)18-8-2-3-9(14)10(15)5-8/h2-6,18H,17H2,1H3. The quantitative estimate of drug-likeness (QED) is 0.776. The van der Waals surface area contributed by atoms with E-state index in [1.165, 1.54) is 12.1 Å². The molecule has 0 aliphatic carbocycles. The first-order valence-electron chi connectivity index (χ1n) is 5.74. The number of anilines is 2. The highest BCUT2D eigenvalue weighted by molar-refractivity contribution is 9.10. The maximum absolute atomic E-state index is 13.9. The van der Waals surface area contributed by atoms with Gasteiger partial charge in [0.1, 0.15) is 10.7 Å². The highest BCUT2D eigenvalue weighted by Gasteiger charge is 2.20. The lowest BCUT2D eigenvalue weighted by molar-refractivity contribution is 0.570. The second kappa shape index (κ2) is 5.82. The average molecular weight is 394 g/mol. The molecule has 2 rings (SSSR count). The molecule has 0 unspecified atom stereocenters. The van der Waals surface area contributed by atoms with Gasteiger partial charge in [0.05, 0.1) is 10.7 Å². The first-order chi connectivity index (χ1) is 9.70. The van der Waals surface area contributed by atoms with Crippen LogP contribution in [0.5, 0.6) is 0 Å². The fourth-order valence-corrected chi connectivity index (χ4v) is 3.22. The van der Waals surface area contributed by atoms with E-state index >= 15 is 0 Å². The number of aryl methyl sites for hydroxylation is 1. The zero-order valence-corrected chi connectivity index (χ0v) is 14.0. The Kier molecular flexibility index (Phi) is 4.46. The number of nitrogens with two attached hydrogens (primary N) is 1. The molecule has 0 aromatic heterocycles. The number of nitrogens with one attached hydrogen (secondary N) is 1. The molecule has 0 atom stereocenters.